The highest BCUT2D eigenvalue weighted by Gasteiger charge is 2.21. The maximum Gasteiger partial charge on any atom is 0.337 e. The molecule has 0 aliphatic carbocycles. The number of piperazine rings is 1. The van der Waals surface area contributed by atoms with Crippen molar-refractivity contribution in [3.05, 3.63) is 59.7 Å². The van der Waals surface area contributed by atoms with Gasteiger partial charge in [-0.1, -0.05) is 30.3 Å². The van der Waals surface area contributed by atoms with Crippen molar-refractivity contribution in [2.24, 2.45) is 0 Å². The molecule has 0 radical (unpaired) electrons. The van der Waals surface area contributed by atoms with Crippen LogP contribution in [-0.2, 0) is 6.54 Å². The molecule has 0 amide bonds. The summed E-state index contributed by atoms with van der Waals surface area (Å²) < 4.78 is 0. The predicted molar refractivity (Wildman–Crippen MR) is 99.0 cm³/mol. The van der Waals surface area contributed by atoms with E-state index in [-0.39, 0.29) is 18.0 Å². The third-order valence-corrected chi connectivity index (χ3v) is 4.21. The van der Waals surface area contributed by atoms with E-state index in [1.807, 2.05) is 12.1 Å². The quantitative estimate of drug-likeness (QED) is 0.832. The number of aromatic carboxylic acids is 1. The van der Waals surface area contributed by atoms with Crippen molar-refractivity contribution in [2.75, 3.05) is 36.8 Å². The second-order valence-electron chi connectivity index (χ2n) is 5.83. The monoisotopic (exact) mass is 347 g/mol. The van der Waals surface area contributed by atoms with E-state index in [9.17, 15) is 9.90 Å². The number of hydrogen-bond acceptors (Lipinski definition) is 4. The van der Waals surface area contributed by atoms with E-state index < -0.39 is 5.97 Å². The standard InChI is InChI=1S/C18H21N3O2.ClH/c19-15-6-7-17(16(12-15)18(22)23)21-10-8-20(9-11-21)13-14-4-2-1-3-5-14;/h1-7,12H,8-11,13,19H2,(H,22,23);1H. The third-order valence-electron chi connectivity index (χ3n) is 4.21. The van der Waals surface area contributed by atoms with Crippen LogP contribution in [0.1, 0.15) is 15.9 Å². The van der Waals surface area contributed by atoms with Gasteiger partial charge in [0.2, 0.25) is 0 Å². The van der Waals surface area contributed by atoms with Crippen molar-refractivity contribution in [1.29, 1.82) is 0 Å². The summed E-state index contributed by atoms with van der Waals surface area (Å²) in [4.78, 5) is 16.0. The third kappa shape index (κ3) is 4.19. The minimum Gasteiger partial charge on any atom is -0.478 e. The Hall–Kier alpha value is -2.24. The van der Waals surface area contributed by atoms with Crippen molar-refractivity contribution >= 4 is 29.8 Å². The first-order valence-corrected chi connectivity index (χ1v) is 7.77. The number of carboxylic acid groups (broad SMARTS) is 1. The SMILES string of the molecule is Cl.Nc1ccc(N2CCN(Cc3ccccc3)CC2)c(C(=O)O)c1. The molecule has 0 atom stereocenters. The average molecular weight is 348 g/mol. The Morgan fingerprint density at radius 2 is 1.71 bits per heavy atom. The van der Waals surface area contributed by atoms with Gasteiger partial charge in [0.1, 0.15) is 0 Å². The molecule has 1 heterocycles. The molecule has 6 heteroatoms. The van der Waals surface area contributed by atoms with Gasteiger partial charge in [-0.05, 0) is 23.8 Å². The van der Waals surface area contributed by atoms with Crippen LogP contribution in [0.25, 0.3) is 0 Å². The van der Waals surface area contributed by atoms with E-state index in [1.165, 1.54) is 11.6 Å². The Labute approximate surface area is 148 Å². The number of nitrogens with two attached hydrogens (primary N) is 1. The molecular formula is C18H22ClN3O2. The minimum absolute atomic E-state index is 0. The molecule has 0 bridgehead atoms. The molecule has 128 valence electrons. The van der Waals surface area contributed by atoms with E-state index in [2.05, 4.69) is 34.1 Å². The van der Waals surface area contributed by atoms with Gasteiger partial charge in [-0.15, -0.1) is 12.4 Å². The molecule has 3 rings (SSSR count). The second-order valence-corrected chi connectivity index (χ2v) is 5.83. The van der Waals surface area contributed by atoms with Gasteiger partial charge in [-0.3, -0.25) is 4.90 Å². The molecule has 0 saturated carbocycles. The highest BCUT2D eigenvalue weighted by atomic mass is 35.5. The molecule has 1 saturated heterocycles. The summed E-state index contributed by atoms with van der Waals surface area (Å²) in [5, 5.41) is 9.37. The number of nitrogen functional groups attached to an aromatic ring is 1. The zero-order valence-corrected chi connectivity index (χ0v) is 14.2. The molecule has 0 unspecified atom stereocenters. The molecule has 2 aromatic carbocycles. The Morgan fingerprint density at radius 3 is 2.33 bits per heavy atom. The van der Waals surface area contributed by atoms with Gasteiger partial charge in [-0.25, -0.2) is 4.79 Å². The molecule has 1 fully saturated rings. The number of anilines is 2. The molecule has 5 nitrogen and oxygen atoms in total. The summed E-state index contributed by atoms with van der Waals surface area (Å²) in [5.41, 5.74) is 8.53. The maximum atomic E-state index is 11.4. The van der Waals surface area contributed by atoms with E-state index in [0.717, 1.165) is 38.4 Å². The molecule has 1 aliphatic heterocycles. The van der Waals surface area contributed by atoms with Crippen LogP contribution in [-0.4, -0.2) is 42.2 Å². The summed E-state index contributed by atoms with van der Waals surface area (Å²) >= 11 is 0. The van der Waals surface area contributed by atoms with Crippen molar-refractivity contribution < 1.29 is 9.90 Å². The Balaban J connectivity index is 0.00000208. The van der Waals surface area contributed by atoms with Crippen molar-refractivity contribution in [3.63, 3.8) is 0 Å². The molecule has 0 spiro atoms. The van der Waals surface area contributed by atoms with Gasteiger partial charge in [0.15, 0.2) is 0 Å². The van der Waals surface area contributed by atoms with Gasteiger partial charge < -0.3 is 15.7 Å². The van der Waals surface area contributed by atoms with E-state index in [1.54, 1.807) is 6.07 Å². The number of halogens is 1. The number of benzene rings is 2. The molecule has 2 aromatic rings. The fourth-order valence-corrected chi connectivity index (χ4v) is 2.99. The fourth-order valence-electron chi connectivity index (χ4n) is 2.99. The van der Waals surface area contributed by atoms with Crippen molar-refractivity contribution in [1.82, 2.24) is 4.90 Å². The first-order valence-electron chi connectivity index (χ1n) is 7.77. The first-order chi connectivity index (χ1) is 11.1. The van der Waals surface area contributed by atoms with Crippen LogP contribution < -0.4 is 10.6 Å². The second kappa shape index (κ2) is 8.04. The Bertz CT molecular complexity index is 686. The number of nitrogens with zero attached hydrogens (tertiary/aromatic N) is 2. The molecule has 3 N–H and O–H groups in total. The van der Waals surface area contributed by atoms with Crippen LogP contribution in [0.15, 0.2) is 48.5 Å². The number of rotatable bonds is 4. The zero-order chi connectivity index (χ0) is 16.2. The van der Waals surface area contributed by atoms with Crippen molar-refractivity contribution in [3.8, 4) is 0 Å². The lowest BCUT2D eigenvalue weighted by Crippen LogP contribution is -2.46. The lowest BCUT2D eigenvalue weighted by Gasteiger charge is -2.36. The number of hydrogen-bond donors (Lipinski definition) is 2. The molecule has 1 aliphatic rings. The average Bonchev–Trinajstić information content (AvgIpc) is 2.56. The lowest BCUT2D eigenvalue weighted by atomic mass is 10.1. The summed E-state index contributed by atoms with van der Waals surface area (Å²) in [6.45, 7) is 4.40. The van der Waals surface area contributed by atoms with E-state index in [4.69, 9.17) is 5.73 Å². The van der Waals surface area contributed by atoms with Gasteiger partial charge in [0, 0.05) is 38.4 Å². The van der Waals surface area contributed by atoms with Gasteiger partial charge in [0.25, 0.3) is 0 Å². The predicted octanol–water partition coefficient (Wildman–Crippen LogP) is 2.71. The summed E-state index contributed by atoms with van der Waals surface area (Å²) in [7, 11) is 0. The molecular weight excluding hydrogens is 326 g/mol. The maximum absolute atomic E-state index is 11.4. The van der Waals surface area contributed by atoms with Gasteiger partial charge in [-0.2, -0.15) is 0 Å². The summed E-state index contributed by atoms with van der Waals surface area (Å²) in [6.07, 6.45) is 0. The van der Waals surface area contributed by atoms with Crippen LogP contribution in [0, 0.1) is 0 Å². The van der Waals surface area contributed by atoms with Crippen LogP contribution in [0.3, 0.4) is 0 Å². The van der Waals surface area contributed by atoms with Crippen LogP contribution >= 0.6 is 12.4 Å². The van der Waals surface area contributed by atoms with Gasteiger partial charge in [0.05, 0.1) is 11.3 Å². The minimum atomic E-state index is -0.931. The van der Waals surface area contributed by atoms with E-state index in [0.29, 0.717) is 5.69 Å². The lowest BCUT2D eigenvalue weighted by molar-refractivity contribution is 0.0697. The first kappa shape index (κ1) is 18.1. The van der Waals surface area contributed by atoms with Crippen LogP contribution in [0.4, 0.5) is 11.4 Å². The summed E-state index contributed by atoms with van der Waals surface area (Å²) in [5.74, 6) is -0.931. The smallest absolute Gasteiger partial charge is 0.337 e. The fraction of sp³-hybridized carbons (Fsp3) is 0.278. The number of carboxylic acids is 1. The van der Waals surface area contributed by atoms with Crippen molar-refractivity contribution in [2.45, 2.75) is 6.54 Å². The largest absolute Gasteiger partial charge is 0.478 e. The topological polar surface area (TPSA) is 69.8 Å². The van der Waals surface area contributed by atoms with E-state index >= 15 is 0 Å². The van der Waals surface area contributed by atoms with Gasteiger partial charge >= 0.3 is 5.97 Å². The summed E-state index contributed by atoms with van der Waals surface area (Å²) in [6, 6.07) is 15.5. The Morgan fingerprint density at radius 1 is 1.04 bits per heavy atom. The highest BCUT2D eigenvalue weighted by Crippen LogP contribution is 2.24. The normalized spacial score (nSPS) is 14.9. The molecule has 0 aromatic heterocycles. The van der Waals surface area contributed by atoms with Crippen LogP contribution in [0.2, 0.25) is 0 Å². The Kier molecular flexibility index (Phi) is 6.06. The zero-order valence-electron chi connectivity index (χ0n) is 13.4. The van der Waals surface area contributed by atoms with Crippen LogP contribution in [0.5, 0.6) is 0 Å². The number of carbonyl (C=O) groups is 1. The molecule has 24 heavy (non-hydrogen) atoms. The highest BCUT2D eigenvalue weighted by molar-refractivity contribution is 5.95.